The van der Waals surface area contributed by atoms with Crippen LogP contribution < -0.4 is 4.90 Å². The third-order valence-corrected chi connectivity index (χ3v) is 11.2. The number of anilines is 1. The van der Waals surface area contributed by atoms with Crippen molar-refractivity contribution in [1.29, 1.82) is 0 Å². The van der Waals surface area contributed by atoms with Crippen LogP contribution in [0.4, 0.5) is 14.9 Å². The van der Waals surface area contributed by atoms with Crippen LogP contribution in [0.3, 0.4) is 0 Å². The average molecular weight is 693 g/mol. The molecule has 268 valence electrons. The maximum absolute atomic E-state index is 15.0. The van der Waals surface area contributed by atoms with Gasteiger partial charge in [0.05, 0.1) is 18.8 Å². The van der Waals surface area contributed by atoms with Gasteiger partial charge < -0.3 is 29.3 Å². The zero-order valence-electron chi connectivity index (χ0n) is 29.2. The van der Waals surface area contributed by atoms with Crippen molar-refractivity contribution in [2.45, 2.75) is 77.2 Å². The van der Waals surface area contributed by atoms with Gasteiger partial charge in [-0.1, -0.05) is 26.0 Å². The van der Waals surface area contributed by atoms with E-state index < -0.39 is 40.1 Å². The maximum atomic E-state index is 15.0. The zero-order chi connectivity index (χ0) is 35.2. The molecule has 11 nitrogen and oxygen atoms in total. The number of rotatable bonds is 6. The van der Waals surface area contributed by atoms with Crippen LogP contribution in [0, 0.1) is 17.7 Å². The van der Waals surface area contributed by atoms with Crippen LogP contribution in [0.5, 0.6) is 0 Å². The maximum Gasteiger partial charge on any atom is 0.410 e. The number of amides is 1. The summed E-state index contributed by atoms with van der Waals surface area (Å²) < 4.78 is 52.3. The van der Waals surface area contributed by atoms with E-state index in [-0.39, 0.29) is 30.4 Å². The van der Waals surface area contributed by atoms with Gasteiger partial charge in [-0.25, -0.2) is 21.9 Å². The van der Waals surface area contributed by atoms with Crippen molar-refractivity contribution in [2.75, 3.05) is 64.5 Å². The number of nitrogens with zero attached hydrogens (tertiary/aromatic N) is 4. The number of esters is 1. The van der Waals surface area contributed by atoms with E-state index in [2.05, 4.69) is 4.90 Å². The van der Waals surface area contributed by atoms with Crippen LogP contribution in [0.2, 0.25) is 0 Å². The Labute approximate surface area is 285 Å². The molecule has 2 fully saturated rings. The highest BCUT2D eigenvalue weighted by atomic mass is 32.2. The van der Waals surface area contributed by atoms with Gasteiger partial charge in [-0.2, -0.15) is 0 Å². The van der Waals surface area contributed by atoms with Crippen LogP contribution in [0.15, 0.2) is 35.9 Å². The topological polar surface area (TPSA) is 120 Å². The van der Waals surface area contributed by atoms with Crippen LogP contribution in [-0.2, 0) is 24.3 Å². The Morgan fingerprint density at radius 2 is 1.71 bits per heavy atom. The van der Waals surface area contributed by atoms with E-state index in [9.17, 15) is 27.5 Å². The van der Waals surface area contributed by atoms with Gasteiger partial charge in [0.25, 0.3) is 0 Å². The lowest BCUT2D eigenvalue weighted by atomic mass is 9.91. The number of likely N-dealkylation sites (N-methyl/N-ethyl adjacent to an activating group) is 1. The number of sulfonamides is 1. The van der Waals surface area contributed by atoms with Crippen molar-refractivity contribution in [3.8, 4) is 0 Å². The number of cyclic esters (lactones) is 1. The molecule has 0 bridgehead atoms. The van der Waals surface area contributed by atoms with Crippen LogP contribution in [0.1, 0.15) is 58.4 Å². The Morgan fingerprint density at radius 1 is 1.04 bits per heavy atom. The number of piperidine rings is 1. The summed E-state index contributed by atoms with van der Waals surface area (Å²) in [5.74, 6) is -1.36. The second-order valence-electron chi connectivity index (χ2n) is 13.8. The third-order valence-electron chi connectivity index (χ3n) is 9.85. The minimum atomic E-state index is -3.25. The molecule has 3 aliphatic heterocycles. The smallest absolute Gasteiger partial charge is 0.410 e. The monoisotopic (exact) mass is 692 g/mol. The summed E-state index contributed by atoms with van der Waals surface area (Å²) in [5, 5.41) is 10.6. The number of hydrogen-bond acceptors (Lipinski definition) is 9. The highest BCUT2D eigenvalue weighted by Gasteiger charge is 2.30. The molecule has 4 rings (SSSR count). The number of aliphatic hydroxyl groups is 1. The summed E-state index contributed by atoms with van der Waals surface area (Å²) in [5.41, 5.74) is 1.94. The molecule has 5 atom stereocenters. The molecule has 0 saturated carbocycles. The summed E-state index contributed by atoms with van der Waals surface area (Å²) >= 11 is 0. The van der Waals surface area contributed by atoms with Gasteiger partial charge >= 0.3 is 12.1 Å². The Hall–Kier alpha value is -3.00. The van der Waals surface area contributed by atoms with E-state index in [0.29, 0.717) is 68.7 Å². The van der Waals surface area contributed by atoms with Crippen LogP contribution in [-0.4, -0.2) is 124 Å². The molecular weight excluding hydrogens is 639 g/mol. The van der Waals surface area contributed by atoms with Gasteiger partial charge in [0.2, 0.25) is 10.0 Å². The lowest BCUT2D eigenvalue weighted by molar-refractivity contribution is -0.151. The summed E-state index contributed by atoms with van der Waals surface area (Å²) in [6.45, 7) is 9.28. The minimum Gasteiger partial charge on any atom is -0.457 e. The fourth-order valence-electron chi connectivity index (χ4n) is 6.63. The molecule has 1 aromatic carbocycles. The number of aliphatic hydroxyl groups excluding tert-OH is 1. The quantitative estimate of drug-likeness (QED) is 0.347. The molecule has 1 aromatic rings. The molecule has 0 aliphatic carbocycles. The lowest BCUT2D eigenvalue weighted by Gasteiger charge is -2.37. The standard InChI is InChI=1S/C35H53FN4O7S/c1-24-7-9-31(41)23-33(42)47-34(25(2)8-10-32(24)46-35(43)39-17-15-37(4)16-18-39)26(3)19-27-20-28(36)22-30(21-27)38(5)29-11-13-40(14-12-29)48(6,44)45/h8,10,19-22,24-25,29,31-32,34,41H,7,9,11-18,23H2,1-6H3/b10-8-,26-19+/t24-,25-,31+,32-,34-/m0/s1. The first kappa shape index (κ1) is 37.8. The number of piperazine rings is 1. The Kier molecular flexibility index (Phi) is 13.1. The highest BCUT2D eigenvalue weighted by Crippen LogP contribution is 2.29. The molecule has 0 aromatic heterocycles. The summed E-state index contributed by atoms with van der Waals surface area (Å²) in [6.07, 6.45) is 6.27. The van der Waals surface area contributed by atoms with Gasteiger partial charge in [0.1, 0.15) is 18.0 Å². The van der Waals surface area contributed by atoms with E-state index >= 15 is 0 Å². The van der Waals surface area contributed by atoms with Gasteiger partial charge in [-0.15, -0.1) is 0 Å². The summed E-state index contributed by atoms with van der Waals surface area (Å²) in [4.78, 5) is 31.9. The average Bonchev–Trinajstić information content (AvgIpc) is 3.03. The van der Waals surface area contributed by atoms with E-state index in [0.717, 1.165) is 13.1 Å². The number of carbonyl (C=O) groups excluding carboxylic acids is 2. The van der Waals surface area contributed by atoms with Crippen molar-refractivity contribution in [3.05, 3.63) is 47.3 Å². The van der Waals surface area contributed by atoms with Gasteiger partial charge in [0, 0.05) is 64.0 Å². The van der Waals surface area contributed by atoms with Crippen molar-refractivity contribution in [2.24, 2.45) is 11.8 Å². The van der Waals surface area contributed by atoms with E-state index in [4.69, 9.17) is 9.47 Å². The molecule has 1 N–H and O–H groups in total. The molecule has 0 unspecified atom stereocenters. The number of ether oxygens (including phenoxy) is 2. The Balaban J connectivity index is 1.54. The summed E-state index contributed by atoms with van der Waals surface area (Å²) in [6, 6.07) is 4.80. The molecular formula is C35H53FN4O7S. The van der Waals surface area contributed by atoms with Gasteiger partial charge in [-0.3, -0.25) is 4.79 Å². The first-order valence-electron chi connectivity index (χ1n) is 17.0. The normalized spacial score (nSPS) is 28.6. The number of benzene rings is 1. The lowest BCUT2D eigenvalue weighted by Crippen LogP contribution is -2.48. The van der Waals surface area contributed by atoms with E-state index in [1.54, 1.807) is 11.0 Å². The van der Waals surface area contributed by atoms with Crippen molar-refractivity contribution < 1.29 is 37.0 Å². The fourth-order valence-corrected chi connectivity index (χ4v) is 7.50. The molecule has 2 saturated heterocycles. The third kappa shape index (κ3) is 10.5. The summed E-state index contributed by atoms with van der Waals surface area (Å²) in [7, 11) is 0.654. The second kappa shape index (κ2) is 16.6. The number of halogens is 1. The first-order valence-corrected chi connectivity index (χ1v) is 18.8. The molecule has 3 aliphatic rings. The SMILES string of the molecule is C/C(=C\c1cc(F)cc(N(C)C2CCN(S(C)(=O)=O)CC2)c1)[C@H]1OC(=O)C[C@H](O)CC[C@H](C)[C@@H](OC(=O)N2CCN(C)CC2)/C=C\[C@@H]1C. The first-order chi connectivity index (χ1) is 22.6. The van der Waals surface area contributed by atoms with Crippen molar-refractivity contribution >= 4 is 33.8 Å². The zero-order valence-corrected chi connectivity index (χ0v) is 30.0. The highest BCUT2D eigenvalue weighted by molar-refractivity contribution is 7.88. The largest absolute Gasteiger partial charge is 0.457 e. The number of carbonyl (C=O) groups is 2. The Morgan fingerprint density at radius 3 is 2.35 bits per heavy atom. The van der Waals surface area contributed by atoms with Crippen molar-refractivity contribution in [3.63, 3.8) is 0 Å². The molecule has 1 amide bonds. The fraction of sp³-hybridized carbons (Fsp3) is 0.657. The number of hydrogen-bond donors (Lipinski definition) is 1. The molecule has 3 heterocycles. The van der Waals surface area contributed by atoms with Crippen molar-refractivity contribution in [1.82, 2.24) is 14.1 Å². The Bertz CT molecular complexity index is 1440. The molecule has 0 radical (unpaired) electrons. The minimum absolute atomic E-state index is 0.0484. The van der Waals surface area contributed by atoms with E-state index in [1.807, 2.05) is 58.0 Å². The molecule has 0 spiro atoms. The van der Waals surface area contributed by atoms with Gasteiger partial charge in [-0.05, 0) is 81.0 Å². The predicted octanol–water partition coefficient (Wildman–Crippen LogP) is 4.13. The second-order valence-corrected chi connectivity index (χ2v) is 15.8. The molecule has 13 heteroatoms. The van der Waals surface area contributed by atoms with E-state index in [1.165, 1.54) is 22.7 Å². The van der Waals surface area contributed by atoms with Crippen LogP contribution in [0.25, 0.3) is 6.08 Å². The van der Waals surface area contributed by atoms with Crippen LogP contribution >= 0.6 is 0 Å². The predicted molar refractivity (Wildman–Crippen MR) is 184 cm³/mol. The molecule has 48 heavy (non-hydrogen) atoms. The van der Waals surface area contributed by atoms with Gasteiger partial charge in [0.15, 0.2) is 0 Å².